The molecule has 6 nitrogen and oxygen atoms in total. The Morgan fingerprint density at radius 3 is 2.48 bits per heavy atom. The van der Waals surface area contributed by atoms with Gasteiger partial charge in [0.1, 0.15) is 16.7 Å². The molecule has 1 N–H and O–H groups in total. The smallest absolute Gasteiger partial charge is 0.420 e. The Hall–Kier alpha value is -2.29. The van der Waals surface area contributed by atoms with Gasteiger partial charge in [-0.1, -0.05) is 13.8 Å². The maximum absolute atomic E-state index is 13.8. The van der Waals surface area contributed by atoms with Crippen molar-refractivity contribution in [2.75, 3.05) is 0 Å². The van der Waals surface area contributed by atoms with Crippen LogP contribution in [0.1, 0.15) is 76.8 Å². The van der Waals surface area contributed by atoms with Gasteiger partial charge in [0.25, 0.3) is 0 Å². The highest BCUT2D eigenvalue weighted by Gasteiger charge is 2.38. The second-order valence-electron chi connectivity index (χ2n) is 9.37. The number of nitrogens with zero attached hydrogens (tertiary/aromatic N) is 2. The van der Waals surface area contributed by atoms with E-state index < -0.39 is 35.6 Å². The molecule has 0 unspecified atom stereocenters. The first-order valence-electron chi connectivity index (χ1n) is 10.4. The van der Waals surface area contributed by atoms with Crippen molar-refractivity contribution in [2.24, 2.45) is 0 Å². The summed E-state index contributed by atoms with van der Waals surface area (Å²) in [6.07, 6.45) is -4.27. The fraction of sp³-hybridized carbons (Fsp3) is 0.636. The molecule has 0 aliphatic heterocycles. The van der Waals surface area contributed by atoms with Crippen molar-refractivity contribution in [3.8, 4) is 0 Å². The van der Waals surface area contributed by atoms with Crippen molar-refractivity contribution in [2.45, 2.75) is 90.3 Å². The molecule has 1 heterocycles. The highest BCUT2D eigenvalue weighted by atomic mass is 19.4. The van der Waals surface area contributed by atoms with Crippen LogP contribution in [0.5, 0.6) is 0 Å². The monoisotopic (exact) mass is 442 g/mol. The highest BCUT2D eigenvalue weighted by molar-refractivity contribution is 5.78. The molecule has 0 radical (unpaired) electrons. The van der Waals surface area contributed by atoms with Gasteiger partial charge in [-0.15, -0.1) is 0 Å². The van der Waals surface area contributed by atoms with Crippen LogP contribution in [0.4, 0.5) is 18.0 Å². The van der Waals surface area contributed by atoms with E-state index in [0.29, 0.717) is 12.8 Å². The number of hydrogen-bond donors (Lipinski definition) is 1. The van der Waals surface area contributed by atoms with E-state index in [9.17, 15) is 23.1 Å². The van der Waals surface area contributed by atoms with Crippen molar-refractivity contribution in [1.82, 2.24) is 9.88 Å². The van der Waals surface area contributed by atoms with Gasteiger partial charge in [-0.2, -0.15) is 13.2 Å². The minimum atomic E-state index is -4.65. The van der Waals surface area contributed by atoms with Crippen LogP contribution in [0, 0.1) is 0 Å². The third-order valence-electron chi connectivity index (χ3n) is 5.19. The molecule has 1 aliphatic rings. The molecule has 2 aromatic rings. The third kappa shape index (κ3) is 5.31. The maximum Gasteiger partial charge on any atom is 0.420 e. The Kier molecular flexibility index (Phi) is 6.28. The van der Waals surface area contributed by atoms with E-state index in [0.717, 1.165) is 12.5 Å². The summed E-state index contributed by atoms with van der Waals surface area (Å²) in [5, 5.41) is 10.3. The SMILES string of the molecule is CC(C)c1nc2cc(CN(C(=O)OC(C)(C)C)[C@@H]3CCC[C@@H]3O)cc(C(F)(F)F)c2o1. The average Bonchev–Trinajstić information content (AvgIpc) is 3.22. The van der Waals surface area contributed by atoms with Gasteiger partial charge in [-0.05, 0) is 57.7 Å². The Morgan fingerprint density at radius 2 is 1.97 bits per heavy atom. The van der Waals surface area contributed by atoms with Crippen LogP contribution in [-0.2, 0) is 17.5 Å². The van der Waals surface area contributed by atoms with Crippen molar-refractivity contribution in [3.05, 3.63) is 29.2 Å². The summed E-state index contributed by atoms with van der Waals surface area (Å²) in [6.45, 7) is 8.56. The van der Waals surface area contributed by atoms with Gasteiger partial charge in [-0.25, -0.2) is 9.78 Å². The summed E-state index contributed by atoms with van der Waals surface area (Å²) in [5.74, 6) is 0.0386. The molecule has 3 rings (SSSR count). The van der Waals surface area contributed by atoms with Crippen molar-refractivity contribution in [3.63, 3.8) is 0 Å². The molecule has 9 heteroatoms. The number of aliphatic hydroxyl groups excluding tert-OH is 1. The van der Waals surface area contributed by atoms with Gasteiger partial charge in [-0.3, -0.25) is 4.90 Å². The highest BCUT2D eigenvalue weighted by Crippen LogP contribution is 2.38. The van der Waals surface area contributed by atoms with Crippen LogP contribution in [0.2, 0.25) is 0 Å². The minimum Gasteiger partial charge on any atom is -0.444 e. The Labute approximate surface area is 179 Å². The number of fused-ring (bicyclic) bond motifs is 1. The second-order valence-corrected chi connectivity index (χ2v) is 9.37. The lowest BCUT2D eigenvalue weighted by Crippen LogP contribution is -2.46. The summed E-state index contributed by atoms with van der Waals surface area (Å²) in [5.41, 5.74) is -1.70. The van der Waals surface area contributed by atoms with Crippen LogP contribution in [-0.4, -0.2) is 38.8 Å². The predicted molar refractivity (Wildman–Crippen MR) is 109 cm³/mol. The van der Waals surface area contributed by atoms with Gasteiger partial charge in [0.2, 0.25) is 0 Å². The number of benzene rings is 1. The molecule has 0 bridgehead atoms. The van der Waals surface area contributed by atoms with Crippen LogP contribution in [0.3, 0.4) is 0 Å². The topological polar surface area (TPSA) is 75.8 Å². The second kappa shape index (κ2) is 8.33. The first kappa shape index (κ1) is 23.4. The minimum absolute atomic E-state index is 0.0876. The van der Waals surface area contributed by atoms with Crippen molar-refractivity contribution < 1.29 is 32.2 Å². The summed E-state index contributed by atoms with van der Waals surface area (Å²) in [6, 6.07) is 1.96. The van der Waals surface area contributed by atoms with E-state index in [1.165, 1.54) is 11.0 Å². The number of aromatic nitrogens is 1. The Bertz CT molecular complexity index is 947. The first-order chi connectivity index (χ1) is 14.3. The summed E-state index contributed by atoms with van der Waals surface area (Å²) in [4.78, 5) is 18.4. The number of ether oxygens (including phenoxy) is 1. The normalized spacial score (nSPS) is 19.9. The zero-order valence-electron chi connectivity index (χ0n) is 18.4. The zero-order chi connectivity index (χ0) is 23.1. The number of rotatable bonds is 4. The number of aliphatic hydroxyl groups is 1. The van der Waals surface area contributed by atoms with Gasteiger partial charge < -0.3 is 14.3 Å². The Balaban J connectivity index is 2.03. The zero-order valence-corrected chi connectivity index (χ0v) is 18.4. The number of oxazole rings is 1. The van der Waals surface area contributed by atoms with Crippen molar-refractivity contribution >= 4 is 17.2 Å². The van der Waals surface area contributed by atoms with E-state index in [2.05, 4.69) is 4.98 Å². The van der Waals surface area contributed by atoms with Gasteiger partial charge >= 0.3 is 12.3 Å². The molecule has 1 aromatic heterocycles. The molecule has 1 saturated carbocycles. The van der Waals surface area contributed by atoms with E-state index in [1.807, 2.05) is 0 Å². The fourth-order valence-corrected chi connectivity index (χ4v) is 3.78. The standard InChI is InChI=1S/C22H29F3N2O4/c1-12(2)19-26-15-10-13(9-14(18(15)30-19)22(23,24)25)11-27(16-7-6-8-17(16)28)20(29)31-21(3,4)5/h9-10,12,16-17,28H,6-8,11H2,1-5H3/t16-,17+/m1/s1. The molecule has 0 saturated heterocycles. The lowest BCUT2D eigenvalue weighted by molar-refractivity contribution is -0.136. The lowest BCUT2D eigenvalue weighted by Gasteiger charge is -2.33. The molecular weight excluding hydrogens is 413 g/mol. The fourth-order valence-electron chi connectivity index (χ4n) is 3.78. The molecule has 1 aromatic carbocycles. The quantitative estimate of drug-likeness (QED) is 0.665. The number of carbonyl (C=O) groups excluding carboxylic acids is 1. The molecule has 31 heavy (non-hydrogen) atoms. The van der Waals surface area contributed by atoms with E-state index >= 15 is 0 Å². The van der Waals surface area contributed by atoms with Crippen LogP contribution < -0.4 is 0 Å². The molecule has 1 fully saturated rings. The van der Waals surface area contributed by atoms with Crippen LogP contribution >= 0.6 is 0 Å². The number of hydrogen-bond acceptors (Lipinski definition) is 5. The number of alkyl halides is 3. The molecule has 172 valence electrons. The maximum atomic E-state index is 13.8. The lowest BCUT2D eigenvalue weighted by atomic mass is 10.1. The van der Waals surface area contributed by atoms with Crippen molar-refractivity contribution in [1.29, 1.82) is 0 Å². The molecule has 0 spiro atoms. The number of carbonyl (C=O) groups is 1. The van der Waals surface area contributed by atoms with Gasteiger partial charge in [0.15, 0.2) is 11.5 Å². The number of halogens is 3. The van der Waals surface area contributed by atoms with E-state index in [-0.39, 0.29) is 35.0 Å². The molecule has 1 aliphatic carbocycles. The first-order valence-corrected chi connectivity index (χ1v) is 10.4. The summed E-state index contributed by atoms with van der Waals surface area (Å²) < 4.78 is 52.1. The summed E-state index contributed by atoms with van der Waals surface area (Å²) >= 11 is 0. The van der Waals surface area contributed by atoms with Crippen LogP contribution in [0.15, 0.2) is 16.5 Å². The molecule has 1 amide bonds. The largest absolute Gasteiger partial charge is 0.444 e. The predicted octanol–water partition coefficient (Wildman–Crippen LogP) is 5.62. The molecule has 2 atom stereocenters. The van der Waals surface area contributed by atoms with Crippen LogP contribution in [0.25, 0.3) is 11.1 Å². The third-order valence-corrected chi connectivity index (χ3v) is 5.19. The Morgan fingerprint density at radius 1 is 1.29 bits per heavy atom. The van der Waals surface area contributed by atoms with E-state index in [4.69, 9.17) is 9.15 Å². The van der Waals surface area contributed by atoms with E-state index in [1.54, 1.807) is 34.6 Å². The van der Waals surface area contributed by atoms with Gasteiger partial charge in [0.05, 0.1) is 12.1 Å². The molecular formula is C22H29F3N2O4. The summed E-state index contributed by atoms with van der Waals surface area (Å²) in [7, 11) is 0. The number of amides is 1. The average molecular weight is 442 g/mol. The van der Waals surface area contributed by atoms with Gasteiger partial charge in [0, 0.05) is 12.5 Å².